The van der Waals surface area contributed by atoms with Gasteiger partial charge in [-0.15, -0.1) is 10.7 Å². The maximum Gasteiger partial charge on any atom is 0.303 e. The third-order valence-electron chi connectivity index (χ3n) is 8.01. The van der Waals surface area contributed by atoms with Gasteiger partial charge in [0.2, 0.25) is 11.9 Å². The molecule has 2 fully saturated rings. The lowest BCUT2D eigenvalue weighted by Gasteiger charge is -2.34. The smallest absolute Gasteiger partial charge is 0.303 e. The molecule has 0 spiro atoms. The predicted molar refractivity (Wildman–Crippen MR) is 190 cm³/mol. The van der Waals surface area contributed by atoms with Crippen molar-refractivity contribution in [2.24, 2.45) is 5.73 Å². The standard InChI is InChI=1S/C24H26B10N8O5/c35-18(45)15(6-7-16(43)44)42(9-1-8-24-25-22(26-28-24)27-30-32-34-33-31-29-24)21(47)12-2-4-13(5-3-12)37-10-14-11-38-19-17(39-14)20(46)41-23(36)40-19/h2-5,11,15,22,37H,1,6-10H2,(H2,35,45)(H,43,44)(H3,36,38,40,41,46)/t15?,22-,24-/m1/s1. The van der Waals surface area contributed by atoms with E-state index >= 15 is 0 Å². The number of primary amides is 1. The van der Waals surface area contributed by atoms with Crippen molar-refractivity contribution < 1.29 is 19.5 Å². The summed E-state index contributed by atoms with van der Waals surface area (Å²) in [6, 6.07) is 5.54. The molecule has 2 bridgehead atoms. The lowest BCUT2D eigenvalue weighted by Crippen LogP contribution is -2.49. The van der Waals surface area contributed by atoms with Gasteiger partial charge in [0.15, 0.2) is 11.2 Å². The Bertz CT molecular complexity index is 1660. The number of benzene rings is 1. The molecule has 0 saturated carbocycles. The van der Waals surface area contributed by atoms with Crippen LogP contribution in [0.15, 0.2) is 35.3 Å². The number of aliphatic carboxylic acids is 1. The van der Waals surface area contributed by atoms with Crippen LogP contribution in [0, 0.1) is 0 Å². The average Bonchev–Trinajstić information content (AvgIpc) is 3.43. The van der Waals surface area contributed by atoms with Crippen molar-refractivity contribution in [3.05, 3.63) is 52.1 Å². The van der Waals surface area contributed by atoms with Crippen LogP contribution in [0.1, 0.15) is 41.7 Å². The molecule has 10 radical (unpaired) electrons. The van der Waals surface area contributed by atoms with E-state index in [9.17, 15) is 24.3 Å². The zero-order valence-electron chi connectivity index (χ0n) is 25.6. The number of hydrogen-bond donors (Lipinski definition) is 5. The minimum absolute atomic E-state index is 0.0468. The van der Waals surface area contributed by atoms with Gasteiger partial charge in [-0.3, -0.25) is 24.2 Å². The monoisotopic (exact) mass is 616 g/mol. The number of carboxylic acids is 1. The highest BCUT2D eigenvalue weighted by Crippen LogP contribution is 2.37. The fourth-order valence-electron chi connectivity index (χ4n) is 5.67. The van der Waals surface area contributed by atoms with Crippen LogP contribution < -0.4 is 22.3 Å². The van der Waals surface area contributed by atoms with Crippen LogP contribution in [0.5, 0.6) is 0 Å². The van der Waals surface area contributed by atoms with Crippen LogP contribution in [0.4, 0.5) is 11.6 Å². The number of nitrogens with one attached hydrogen (secondary N) is 2. The summed E-state index contributed by atoms with van der Waals surface area (Å²) >= 11 is 0. The van der Waals surface area contributed by atoms with Crippen molar-refractivity contribution in [3.63, 3.8) is 0 Å². The number of carboxylic acid groups (broad SMARTS) is 1. The molecule has 2 aromatic heterocycles. The van der Waals surface area contributed by atoms with Crippen molar-refractivity contribution in [2.75, 3.05) is 17.6 Å². The number of nitrogen functional groups attached to an aromatic ring is 1. The third-order valence-corrected chi connectivity index (χ3v) is 8.01. The van der Waals surface area contributed by atoms with Gasteiger partial charge in [0.1, 0.15) is 6.04 Å². The summed E-state index contributed by atoms with van der Waals surface area (Å²) in [4.78, 5) is 66.2. The molecule has 2 aliphatic heterocycles. The number of hydrogen-bond acceptors (Lipinski definition) is 9. The van der Waals surface area contributed by atoms with Gasteiger partial charge in [-0.2, -0.15) is 4.98 Å². The summed E-state index contributed by atoms with van der Waals surface area (Å²) in [5.41, 5.74) is 12.6. The Morgan fingerprint density at radius 2 is 1.83 bits per heavy atom. The number of anilines is 2. The fourth-order valence-corrected chi connectivity index (χ4v) is 5.67. The molecule has 23 heteroatoms. The number of nitrogens with two attached hydrogens (primary N) is 2. The first-order chi connectivity index (χ1) is 22.6. The molecule has 1 aromatic carbocycles. The second-order valence-electron chi connectivity index (χ2n) is 11.4. The van der Waals surface area contributed by atoms with E-state index in [2.05, 4.69) is 61.2 Å². The summed E-state index contributed by atoms with van der Waals surface area (Å²) in [7, 11) is 20.7. The van der Waals surface area contributed by atoms with Gasteiger partial charge in [0.05, 0.1) is 32.9 Å². The Labute approximate surface area is 280 Å². The zero-order valence-corrected chi connectivity index (χ0v) is 25.6. The van der Waals surface area contributed by atoms with E-state index in [0.717, 1.165) is 0 Å². The lowest BCUT2D eigenvalue weighted by atomic mass is 8.89. The van der Waals surface area contributed by atoms with Crippen molar-refractivity contribution in [2.45, 2.75) is 49.0 Å². The molecule has 3 aromatic rings. The quantitative estimate of drug-likeness (QED) is 0.124. The Balaban J connectivity index is 1.27. The number of fused-ring (bicyclic) bond motifs is 3. The molecule has 222 valence electrons. The molecule has 2 saturated heterocycles. The van der Waals surface area contributed by atoms with Crippen LogP contribution in [0.3, 0.4) is 0 Å². The predicted octanol–water partition coefficient (Wildman–Crippen LogP) is -2.90. The largest absolute Gasteiger partial charge is 0.481 e. The maximum atomic E-state index is 13.9. The van der Waals surface area contributed by atoms with Gasteiger partial charge < -0.3 is 26.8 Å². The summed E-state index contributed by atoms with van der Waals surface area (Å²) < 4.78 is 0. The average molecular weight is 615 g/mol. The normalized spacial score (nSPS) is 18.7. The van der Waals surface area contributed by atoms with Crippen LogP contribution in [-0.2, 0) is 16.1 Å². The van der Waals surface area contributed by atoms with Gasteiger partial charge in [-0.1, -0.05) is 6.42 Å². The molecule has 1 unspecified atom stereocenters. The zero-order chi connectivity index (χ0) is 33.4. The van der Waals surface area contributed by atoms with E-state index in [1.807, 2.05) is 35.3 Å². The Morgan fingerprint density at radius 3 is 2.60 bits per heavy atom. The summed E-state index contributed by atoms with van der Waals surface area (Å²) in [6.45, 7) is 0.436. The highest BCUT2D eigenvalue weighted by Gasteiger charge is 2.40. The number of aromatic amines is 1. The van der Waals surface area contributed by atoms with E-state index in [0.29, 0.717) is 29.8 Å². The highest BCUT2D eigenvalue weighted by molar-refractivity contribution is 7.64. The van der Waals surface area contributed by atoms with E-state index in [1.54, 1.807) is 24.3 Å². The molecule has 5 rings (SSSR count). The van der Waals surface area contributed by atoms with E-state index < -0.39 is 29.4 Å². The second-order valence-corrected chi connectivity index (χ2v) is 11.4. The van der Waals surface area contributed by atoms with Crippen molar-refractivity contribution in [1.82, 2.24) is 24.8 Å². The molecular formula is C24H26B10N8O5. The summed E-state index contributed by atoms with van der Waals surface area (Å²) in [6.07, 6.45) is 2.29. The number of rotatable bonds is 13. The first-order valence-corrected chi connectivity index (χ1v) is 15.2. The molecule has 2 amide bonds. The molecule has 13 nitrogen and oxygen atoms in total. The topological polar surface area (TPSA) is 210 Å². The molecule has 4 heterocycles. The highest BCUT2D eigenvalue weighted by atomic mass is 16.4. The molecule has 47 heavy (non-hydrogen) atoms. The molecular weight excluding hydrogens is 588 g/mol. The SMILES string of the molecule is NC(=O)C(CCC(=O)O)N(CCC[C@]12[B][B][B][B][B][B][B][C@@H]([B][B]1)[B]2)C(=O)c1ccc(NCc2cnc3nc(N)[nH]c(=O)c3n2)cc1. The minimum Gasteiger partial charge on any atom is -0.481 e. The van der Waals surface area contributed by atoms with Crippen molar-refractivity contribution >= 4 is 112 Å². The Morgan fingerprint density at radius 1 is 1.06 bits per heavy atom. The Hall–Kier alpha value is -3.90. The van der Waals surface area contributed by atoms with Crippen LogP contribution in [0.2, 0.25) is 10.7 Å². The first kappa shape index (κ1) is 34.4. The van der Waals surface area contributed by atoms with Crippen LogP contribution in [-0.4, -0.2) is 132 Å². The second kappa shape index (κ2) is 15.8. The fraction of sp³-hybridized carbons (Fsp3) is 0.375. The number of amides is 2. The van der Waals surface area contributed by atoms with Crippen LogP contribution in [0.25, 0.3) is 11.2 Å². The Kier molecular flexibility index (Phi) is 11.6. The molecule has 2 aliphatic rings. The molecule has 0 aliphatic carbocycles. The van der Waals surface area contributed by atoms with E-state index in [-0.39, 0.29) is 53.8 Å². The molecule has 7 N–H and O–H groups in total. The van der Waals surface area contributed by atoms with E-state index in [1.165, 1.54) is 11.1 Å². The summed E-state index contributed by atoms with van der Waals surface area (Å²) in [5, 5.41) is 12.2. The van der Waals surface area contributed by atoms with Crippen molar-refractivity contribution in [3.8, 4) is 0 Å². The van der Waals surface area contributed by atoms with Gasteiger partial charge in [0, 0.05) is 81.0 Å². The summed E-state index contributed by atoms with van der Waals surface area (Å²) in [5.74, 6) is -2.32. The number of nitrogens with zero attached hydrogens (tertiary/aromatic N) is 4. The number of carbonyl (C=O) groups excluding carboxylic acids is 2. The van der Waals surface area contributed by atoms with Crippen molar-refractivity contribution in [1.29, 1.82) is 0 Å². The maximum absolute atomic E-state index is 13.9. The van der Waals surface area contributed by atoms with E-state index in [4.69, 9.17) is 11.5 Å². The van der Waals surface area contributed by atoms with Gasteiger partial charge in [-0.25, -0.2) is 9.97 Å². The number of carbonyl (C=O) groups is 3. The number of H-pyrrole nitrogens is 1. The van der Waals surface area contributed by atoms with Gasteiger partial charge in [-0.05, 0) is 37.1 Å². The third kappa shape index (κ3) is 9.13. The first-order valence-electron chi connectivity index (χ1n) is 15.2. The lowest BCUT2D eigenvalue weighted by molar-refractivity contribution is -0.137. The van der Waals surface area contributed by atoms with Gasteiger partial charge in [0.25, 0.3) is 11.5 Å². The molecule has 3 atom stereocenters. The van der Waals surface area contributed by atoms with Crippen LogP contribution >= 0.6 is 0 Å². The number of aromatic nitrogens is 4. The van der Waals surface area contributed by atoms with Gasteiger partial charge >= 0.3 is 5.97 Å². The minimum atomic E-state index is -1.09.